The highest BCUT2D eigenvalue weighted by Crippen LogP contribution is 2.63. The number of amides is 1. The van der Waals surface area contributed by atoms with Crippen molar-refractivity contribution < 1.29 is 23.9 Å². The fourth-order valence-corrected chi connectivity index (χ4v) is 11.2. The Balaban J connectivity index is 1.12. The molecular weight excluding hydrogens is 718 g/mol. The van der Waals surface area contributed by atoms with Gasteiger partial charge in [-0.25, -0.2) is 25.0 Å². The third kappa shape index (κ3) is 7.49. The minimum atomic E-state index is -1.22. The van der Waals surface area contributed by atoms with Gasteiger partial charge in [0.05, 0.1) is 15.8 Å². The molecule has 4 atom stereocenters. The second-order valence-corrected chi connectivity index (χ2v) is 18.0. The van der Waals surface area contributed by atoms with Crippen LogP contribution in [0, 0.1) is 22.1 Å². The van der Waals surface area contributed by atoms with Gasteiger partial charge in [-0.3, -0.25) is 19.9 Å². The molecule has 0 saturated heterocycles. The maximum absolute atomic E-state index is 15.1. The van der Waals surface area contributed by atoms with Gasteiger partial charge < -0.3 is 15.7 Å². The van der Waals surface area contributed by atoms with Crippen LogP contribution in [0.4, 0.5) is 15.3 Å². The van der Waals surface area contributed by atoms with E-state index in [-0.39, 0.29) is 28.5 Å². The number of thiazole rings is 1. The molecule has 2 aromatic carbocycles. The van der Waals surface area contributed by atoms with Crippen LogP contribution in [0.2, 0.25) is 0 Å². The molecule has 3 aliphatic rings. The van der Waals surface area contributed by atoms with E-state index < -0.39 is 23.3 Å². The zero-order valence-corrected chi connectivity index (χ0v) is 33.0. The number of aromatic carboxylic acids is 1. The van der Waals surface area contributed by atoms with Crippen molar-refractivity contribution in [2.45, 2.75) is 91.7 Å². The van der Waals surface area contributed by atoms with Crippen molar-refractivity contribution in [3.63, 3.8) is 0 Å². The van der Waals surface area contributed by atoms with Gasteiger partial charge in [-0.1, -0.05) is 57.6 Å². The Morgan fingerprint density at radius 2 is 1.75 bits per heavy atom. The Bertz CT molecular complexity index is 2200. The van der Waals surface area contributed by atoms with E-state index in [1.807, 2.05) is 36.1 Å². The summed E-state index contributed by atoms with van der Waals surface area (Å²) in [5.74, 6) is 4.42. The van der Waals surface area contributed by atoms with Crippen molar-refractivity contribution in [1.82, 2.24) is 9.97 Å². The van der Waals surface area contributed by atoms with E-state index in [4.69, 9.17) is 21.5 Å². The van der Waals surface area contributed by atoms with E-state index in [9.17, 15) is 14.7 Å². The molecular formula is C42H50FN7O4S. The van der Waals surface area contributed by atoms with Gasteiger partial charge in [0.1, 0.15) is 11.6 Å². The molecule has 1 aliphatic heterocycles. The number of nitrogens with one attached hydrogen (secondary N) is 1. The third-order valence-corrected chi connectivity index (χ3v) is 13.1. The van der Waals surface area contributed by atoms with E-state index in [2.05, 4.69) is 43.0 Å². The SMILES string of the molecule is CCC1(C)CC2(C)CC(C)(CN=C(C)C(=CN)c3ccc(N4CCc5c(F)ccc(C(=O)Nc6nc7ccccc7s6)c5C4)nc3C(=O)O)CC(ON)(C1)C2. The van der Waals surface area contributed by atoms with Gasteiger partial charge in [-0.15, -0.1) is 0 Å². The number of anilines is 2. The smallest absolute Gasteiger partial charge is 0.355 e. The van der Waals surface area contributed by atoms with Crippen LogP contribution in [-0.4, -0.2) is 51.4 Å². The number of hydrogen-bond acceptors (Lipinski definition) is 10. The first-order valence-electron chi connectivity index (χ1n) is 18.9. The zero-order chi connectivity index (χ0) is 39.3. The van der Waals surface area contributed by atoms with Gasteiger partial charge in [0, 0.05) is 48.2 Å². The fraction of sp³-hybridized carbons (Fsp3) is 0.452. The lowest BCUT2D eigenvalue weighted by Crippen LogP contribution is -2.58. The molecule has 2 aliphatic carbocycles. The standard InChI is InChI=1S/C42H50FN7O4S/c1-6-39(3)19-40(4)20-41(5,23-42(21-39,22-40)54-45)24-46-25(2)29(17-44)27-12-14-34(48-35(27)37(52)53)50-16-15-26-30(18-50)28(11-13-31(26)43)36(51)49-38-47-32-9-7-8-10-33(32)55-38/h7-14,17H,6,15-16,18-24,44-45H2,1-5H3,(H,52,53)(H,47,49,51). The van der Waals surface area contributed by atoms with Crippen LogP contribution in [0.1, 0.15) is 111 Å². The average molecular weight is 768 g/mol. The largest absolute Gasteiger partial charge is 0.476 e. The van der Waals surface area contributed by atoms with Crippen molar-refractivity contribution in [3.05, 3.63) is 88.5 Å². The van der Waals surface area contributed by atoms with Gasteiger partial charge in [-0.05, 0) is 109 Å². The molecule has 2 fully saturated rings. The summed E-state index contributed by atoms with van der Waals surface area (Å²) >= 11 is 1.36. The first kappa shape index (κ1) is 38.6. The summed E-state index contributed by atoms with van der Waals surface area (Å²) < 4.78 is 16.0. The summed E-state index contributed by atoms with van der Waals surface area (Å²) in [6, 6.07) is 13.8. The predicted molar refractivity (Wildman–Crippen MR) is 216 cm³/mol. The fourth-order valence-electron chi connectivity index (χ4n) is 10.3. The first-order valence-corrected chi connectivity index (χ1v) is 19.7. The molecule has 7 rings (SSSR count). The van der Waals surface area contributed by atoms with E-state index >= 15 is 4.39 Å². The molecule has 0 radical (unpaired) electrons. The number of aliphatic imine (C=N–C) groups is 1. The number of carbonyl (C=O) groups is 2. The molecule has 4 unspecified atom stereocenters. The molecule has 55 heavy (non-hydrogen) atoms. The lowest BCUT2D eigenvalue weighted by atomic mass is 9.47. The number of hydrogen-bond donors (Lipinski definition) is 4. The normalized spacial score (nSPS) is 26.9. The monoisotopic (exact) mass is 767 g/mol. The number of halogens is 1. The molecule has 3 heterocycles. The van der Waals surface area contributed by atoms with Crippen LogP contribution in [0.5, 0.6) is 0 Å². The Morgan fingerprint density at radius 1 is 1.02 bits per heavy atom. The van der Waals surface area contributed by atoms with Crippen LogP contribution in [-0.2, 0) is 17.8 Å². The number of aromatic nitrogens is 2. The second-order valence-electron chi connectivity index (χ2n) is 17.0. The zero-order valence-electron chi connectivity index (χ0n) is 32.2. The van der Waals surface area contributed by atoms with E-state index in [0.29, 0.717) is 64.0 Å². The lowest BCUT2D eigenvalue weighted by Gasteiger charge is -2.60. The molecule has 2 saturated carbocycles. The van der Waals surface area contributed by atoms with E-state index in [1.54, 1.807) is 12.1 Å². The molecule has 6 N–H and O–H groups in total. The second kappa shape index (κ2) is 14.4. The Morgan fingerprint density at radius 3 is 2.45 bits per heavy atom. The van der Waals surface area contributed by atoms with Crippen LogP contribution < -0.4 is 21.8 Å². The number of allylic oxidation sites excluding steroid dienone is 1. The minimum absolute atomic E-state index is 0.0588. The highest BCUT2D eigenvalue weighted by Gasteiger charge is 2.58. The quantitative estimate of drug-likeness (QED) is 0.0919. The van der Waals surface area contributed by atoms with Crippen molar-refractivity contribution in [1.29, 1.82) is 0 Å². The van der Waals surface area contributed by atoms with Gasteiger partial charge in [0.25, 0.3) is 5.91 Å². The molecule has 1 amide bonds. The molecule has 13 heteroatoms. The summed E-state index contributed by atoms with van der Waals surface area (Å²) in [5.41, 5.74) is 9.13. The molecule has 2 bridgehead atoms. The topological polar surface area (TPSA) is 169 Å². The molecule has 0 spiro atoms. The highest BCUT2D eigenvalue weighted by molar-refractivity contribution is 7.22. The summed E-state index contributed by atoms with van der Waals surface area (Å²) in [4.78, 5) is 48.2. The molecule has 4 aromatic rings. The summed E-state index contributed by atoms with van der Waals surface area (Å²) in [5, 5.41) is 13.7. The van der Waals surface area contributed by atoms with Gasteiger partial charge >= 0.3 is 5.97 Å². The third-order valence-electron chi connectivity index (χ3n) is 12.1. The van der Waals surface area contributed by atoms with Crippen LogP contribution in [0.25, 0.3) is 15.8 Å². The minimum Gasteiger partial charge on any atom is -0.476 e. The molecule has 290 valence electrons. The van der Waals surface area contributed by atoms with Crippen molar-refractivity contribution in [2.75, 3.05) is 23.3 Å². The summed E-state index contributed by atoms with van der Waals surface area (Å²) in [6.07, 6.45) is 7.45. The van der Waals surface area contributed by atoms with Gasteiger partial charge in [0.15, 0.2) is 10.8 Å². The Kier molecular flexibility index (Phi) is 10.1. The predicted octanol–water partition coefficient (Wildman–Crippen LogP) is 8.14. The maximum atomic E-state index is 15.1. The number of carboxylic acids is 1. The number of para-hydroxylation sites is 1. The molecule has 2 aromatic heterocycles. The number of benzene rings is 2. The highest BCUT2D eigenvalue weighted by atomic mass is 32.1. The number of nitrogens with two attached hydrogens (primary N) is 2. The van der Waals surface area contributed by atoms with Crippen LogP contribution >= 0.6 is 11.3 Å². The Labute approximate surface area is 325 Å². The number of carbonyl (C=O) groups excluding carboxylic acids is 1. The summed E-state index contributed by atoms with van der Waals surface area (Å²) in [6.45, 7) is 12.0. The van der Waals surface area contributed by atoms with Crippen LogP contribution in [0.3, 0.4) is 0 Å². The van der Waals surface area contributed by atoms with Crippen molar-refractivity contribution in [3.8, 4) is 0 Å². The lowest BCUT2D eigenvalue weighted by molar-refractivity contribution is -0.195. The maximum Gasteiger partial charge on any atom is 0.355 e. The van der Waals surface area contributed by atoms with Crippen LogP contribution in [0.15, 0.2) is 59.7 Å². The number of nitrogens with zero attached hydrogens (tertiary/aromatic N) is 4. The van der Waals surface area contributed by atoms with E-state index in [0.717, 1.165) is 48.7 Å². The molecule has 11 nitrogen and oxygen atoms in total. The number of rotatable bonds is 10. The number of pyridine rings is 1. The van der Waals surface area contributed by atoms with E-state index in [1.165, 1.54) is 29.7 Å². The average Bonchev–Trinajstić information content (AvgIpc) is 3.55. The Hall–Kier alpha value is -4.72. The number of fused-ring (bicyclic) bond motifs is 4. The van der Waals surface area contributed by atoms with Gasteiger partial charge in [0.2, 0.25) is 0 Å². The van der Waals surface area contributed by atoms with Gasteiger partial charge in [-0.2, -0.15) is 0 Å². The number of carboxylic acid groups (broad SMARTS) is 1. The first-order chi connectivity index (χ1) is 26.1. The summed E-state index contributed by atoms with van der Waals surface area (Å²) in [7, 11) is 0. The van der Waals surface area contributed by atoms with Crippen molar-refractivity contribution in [2.24, 2.45) is 32.9 Å². The van der Waals surface area contributed by atoms with Crippen molar-refractivity contribution >= 4 is 55.7 Å².